The summed E-state index contributed by atoms with van der Waals surface area (Å²) in [5, 5.41) is 5.58. The summed E-state index contributed by atoms with van der Waals surface area (Å²) in [6.07, 6.45) is 4.73. The van der Waals surface area contributed by atoms with E-state index in [-0.39, 0.29) is 21.0 Å². The van der Waals surface area contributed by atoms with Crippen molar-refractivity contribution in [2.75, 3.05) is 5.32 Å². The molecule has 1 amide bonds. The predicted octanol–water partition coefficient (Wildman–Crippen LogP) is 3.13. The number of nitrogens with one attached hydrogen (secondary N) is 1. The maximum absolute atomic E-state index is 13.2. The largest absolute Gasteiger partial charge is 0.384 e. The van der Waals surface area contributed by atoms with E-state index in [9.17, 15) is 17.6 Å². The molecule has 3 aromatic rings. The van der Waals surface area contributed by atoms with Crippen molar-refractivity contribution in [3.63, 3.8) is 0 Å². The van der Waals surface area contributed by atoms with E-state index in [0.717, 1.165) is 6.20 Å². The molecule has 0 spiro atoms. The highest BCUT2D eigenvalue weighted by Crippen LogP contribution is 2.33. The summed E-state index contributed by atoms with van der Waals surface area (Å²) in [6.45, 7) is 1.66. The van der Waals surface area contributed by atoms with E-state index >= 15 is 0 Å². The van der Waals surface area contributed by atoms with Gasteiger partial charge in [0.2, 0.25) is 0 Å². The van der Waals surface area contributed by atoms with Gasteiger partial charge in [-0.2, -0.15) is 4.39 Å². The lowest BCUT2D eigenvalue weighted by molar-refractivity contribution is -0.110. The van der Waals surface area contributed by atoms with Gasteiger partial charge in [-0.15, -0.1) is 0 Å². The minimum absolute atomic E-state index is 0.0487. The van der Waals surface area contributed by atoms with Crippen LogP contribution in [0.1, 0.15) is 37.3 Å². The number of hydrogen-bond acceptors (Lipinski definition) is 9. The van der Waals surface area contributed by atoms with Crippen molar-refractivity contribution >= 4 is 37.9 Å². The number of oxime groups is 1. The molecular formula is C20H18FN5O4S2. The number of amides is 1. The number of halogens is 1. The van der Waals surface area contributed by atoms with E-state index in [1.807, 2.05) is 0 Å². The molecule has 0 radical (unpaired) electrons. The number of aromatic nitrogens is 3. The first-order chi connectivity index (χ1) is 15.3. The number of nitrogens with zero attached hydrogens (tertiary/aromatic N) is 4. The fraction of sp³-hybridized carbons (Fsp3) is 0.250. The van der Waals surface area contributed by atoms with Crippen LogP contribution in [0, 0.1) is 5.13 Å². The zero-order chi connectivity index (χ0) is 22.7. The molecule has 1 atom stereocenters. The van der Waals surface area contributed by atoms with Crippen LogP contribution in [0.25, 0.3) is 0 Å². The Morgan fingerprint density at radius 1 is 1.22 bits per heavy atom. The molecule has 0 saturated heterocycles. The number of sulfone groups is 1. The van der Waals surface area contributed by atoms with Gasteiger partial charge in [-0.25, -0.2) is 23.4 Å². The van der Waals surface area contributed by atoms with Crippen LogP contribution in [0.2, 0.25) is 0 Å². The molecule has 0 bridgehead atoms. The van der Waals surface area contributed by atoms with Crippen molar-refractivity contribution in [1.82, 2.24) is 15.0 Å². The monoisotopic (exact) mass is 475 g/mol. The Hall–Kier alpha value is -3.25. The highest BCUT2D eigenvalue weighted by Gasteiger charge is 2.36. The smallest absolute Gasteiger partial charge is 0.280 e. The quantitative estimate of drug-likeness (QED) is 0.392. The predicted molar refractivity (Wildman–Crippen MR) is 115 cm³/mol. The van der Waals surface area contributed by atoms with E-state index in [0.29, 0.717) is 35.6 Å². The molecule has 166 valence electrons. The lowest BCUT2D eigenvalue weighted by atomic mass is 10.1. The first-order valence-electron chi connectivity index (χ1n) is 9.62. The minimum Gasteiger partial charge on any atom is -0.384 e. The van der Waals surface area contributed by atoms with Crippen LogP contribution in [-0.2, 0) is 19.5 Å². The maximum Gasteiger partial charge on any atom is 0.280 e. The van der Waals surface area contributed by atoms with E-state index in [1.54, 1.807) is 25.4 Å². The van der Waals surface area contributed by atoms with Gasteiger partial charge >= 0.3 is 0 Å². The molecule has 1 aliphatic rings. The Morgan fingerprint density at radius 2 is 1.91 bits per heavy atom. The molecule has 1 fully saturated rings. The van der Waals surface area contributed by atoms with Crippen molar-refractivity contribution in [2.24, 2.45) is 5.16 Å². The molecule has 1 saturated carbocycles. The third kappa shape index (κ3) is 4.97. The van der Waals surface area contributed by atoms with Gasteiger partial charge in [0.1, 0.15) is 0 Å². The molecule has 32 heavy (non-hydrogen) atoms. The van der Waals surface area contributed by atoms with Gasteiger partial charge in [-0.1, -0.05) is 28.6 Å². The van der Waals surface area contributed by atoms with Crippen LogP contribution < -0.4 is 5.32 Å². The van der Waals surface area contributed by atoms with Gasteiger partial charge < -0.3 is 4.84 Å². The Balaban J connectivity index is 1.61. The summed E-state index contributed by atoms with van der Waals surface area (Å²) in [6, 6.07) is 7.46. The zero-order valence-corrected chi connectivity index (χ0v) is 18.4. The van der Waals surface area contributed by atoms with Crippen molar-refractivity contribution < 1.29 is 22.4 Å². The number of carbonyl (C=O) groups is 1. The van der Waals surface area contributed by atoms with Gasteiger partial charge in [0.15, 0.2) is 37.7 Å². The van der Waals surface area contributed by atoms with Crippen LogP contribution in [0.5, 0.6) is 0 Å². The number of anilines is 1. The summed E-state index contributed by atoms with van der Waals surface area (Å²) in [4.78, 5) is 30.4. The molecular weight excluding hydrogens is 457 g/mol. The summed E-state index contributed by atoms with van der Waals surface area (Å²) < 4.78 is 38.1. The fourth-order valence-electron chi connectivity index (χ4n) is 2.77. The molecule has 1 N–H and O–H groups in total. The van der Waals surface area contributed by atoms with Crippen LogP contribution >= 0.6 is 11.3 Å². The van der Waals surface area contributed by atoms with Gasteiger partial charge in [0.05, 0.1) is 16.3 Å². The van der Waals surface area contributed by atoms with Crippen molar-refractivity contribution in [1.29, 1.82) is 0 Å². The van der Waals surface area contributed by atoms with Crippen LogP contribution in [0.15, 0.2) is 59.0 Å². The molecule has 1 unspecified atom stereocenters. The van der Waals surface area contributed by atoms with Crippen LogP contribution in [0.3, 0.4) is 0 Å². The number of benzene rings is 1. The summed E-state index contributed by atoms with van der Waals surface area (Å²) in [5.74, 6) is -0.331. The molecule has 2 heterocycles. The van der Waals surface area contributed by atoms with E-state index in [2.05, 4.69) is 25.4 Å². The number of hydrogen-bond donors (Lipinski definition) is 1. The summed E-state index contributed by atoms with van der Waals surface area (Å²) in [7, 11) is -3.37. The first-order valence-corrected chi connectivity index (χ1v) is 12.0. The third-order valence-electron chi connectivity index (χ3n) is 4.58. The second-order valence-electron chi connectivity index (χ2n) is 6.99. The van der Waals surface area contributed by atoms with E-state index < -0.39 is 27.0 Å². The number of rotatable bonds is 8. The lowest BCUT2D eigenvalue weighted by Gasteiger charge is -2.11. The minimum atomic E-state index is -3.37. The van der Waals surface area contributed by atoms with Gasteiger partial charge in [0.25, 0.3) is 5.91 Å². The Kier molecular flexibility index (Phi) is 6.24. The second-order valence-corrected chi connectivity index (χ2v) is 10.2. The Morgan fingerprint density at radius 3 is 2.50 bits per heavy atom. The lowest BCUT2D eigenvalue weighted by Crippen LogP contribution is -2.24. The zero-order valence-electron chi connectivity index (χ0n) is 16.8. The van der Waals surface area contributed by atoms with Crippen LogP contribution in [-0.4, -0.2) is 40.2 Å². The first kappa shape index (κ1) is 22.0. The molecule has 12 heteroatoms. The SMILES string of the molecule is CC(ON=C(C(=O)Nc1ncc(F)s1)c1ccc(S(=O)(=O)C2CC2)cc1)c1ncccn1. The molecule has 0 aliphatic heterocycles. The normalized spacial score (nSPS) is 15.2. The van der Waals surface area contributed by atoms with Crippen LogP contribution in [0.4, 0.5) is 9.52 Å². The second kappa shape index (κ2) is 9.09. The molecule has 1 aliphatic carbocycles. The standard InChI is InChI=1S/C20H18FN5O4S2/c1-12(18-22-9-2-10-23-18)30-26-17(19(27)25-20-24-11-16(21)31-20)13-3-5-14(6-4-13)32(28,29)15-7-8-15/h2-6,9-12,15H,7-8H2,1H3,(H,24,25,27). The fourth-order valence-corrected chi connectivity index (χ4v) is 4.96. The van der Waals surface area contributed by atoms with Gasteiger partial charge in [0, 0.05) is 18.0 Å². The molecule has 1 aromatic carbocycles. The average Bonchev–Trinajstić information content (AvgIpc) is 3.58. The van der Waals surface area contributed by atoms with Crippen molar-refractivity contribution in [3.05, 3.63) is 65.4 Å². The van der Waals surface area contributed by atoms with Gasteiger partial charge in [-0.05, 0) is 38.0 Å². The van der Waals surface area contributed by atoms with E-state index in [4.69, 9.17) is 4.84 Å². The van der Waals surface area contributed by atoms with Crippen molar-refractivity contribution in [2.45, 2.75) is 36.0 Å². The van der Waals surface area contributed by atoms with Gasteiger partial charge in [-0.3, -0.25) is 10.1 Å². The number of thiazole rings is 1. The van der Waals surface area contributed by atoms with Crippen molar-refractivity contribution in [3.8, 4) is 0 Å². The highest BCUT2D eigenvalue weighted by atomic mass is 32.2. The third-order valence-corrected chi connectivity index (χ3v) is 7.56. The topological polar surface area (TPSA) is 124 Å². The molecule has 9 nitrogen and oxygen atoms in total. The molecule has 4 rings (SSSR count). The maximum atomic E-state index is 13.2. The summed E-state index contributed by atoms with van der Waals surface area (Å²) in [5.41, 5.74) is 0.175. The average molecular weight is 476 g/mol. The summed E-state index contributed by atoms with van der Waals surface area (Å²) >= 11 is 0.661. The molecule has 2 aromatic heterocycles. The number of carbonyl (C=O) groups excluding carboxylic acids is 1. The highest BCUT2D eigenvalue weighted by molar-refractivity contribution is 7.92. The Labute approximate surface area is 187 Å². The Bertz CT molecular complexity index is 1240. The van der Waals surface area contributed by atoms with E-state index in [1.165, 1.54) is 24.3 Å².